The SMILES string of the molecule is CCCCC(C(=O)Nc1cc(C)on1)N(C)Cc1cc(Br)ccc1F. The van der Waals surface area contributed by atoms with Crippen molar-refractivity contribution in [2.45, 2.75) is 45.7 Å². The Morgan fingerprint density at radius 2 is 2.20 bits per heavy atom. The molecule has 0 saturated heterocycles. The van der Waals surface area contributed by atoms with Crippen LogP contribution in [0.25, 0.3) is 0 Å². The molecule has 1 aromatic heterocycles. The maximum atomic E-state index is 14.0. The Morgan fingerprint density at radius 3 is 2.84 bits per heavy atom. The summed E-state index contributed by atoms with van der Waals surface area (Å²) in [4.78, 5) is 14.5. The van der Waals surface area contributed by atoms with Crippen LogP contribution in [-0.4, -0.2) is 29.1 Å². The third-order valence-electron chi connectivity index (χ3n) is 3.97. The summed E-state index contributed by atoms with van der Waals surface area (Å²) in [6.07, 6.45) is 2.57. The number of nitrogens with zero attached hydrogens (tertiary/aromatic N) is 2. The molecule has 2 rings (SSSR count). The molecule has 25 heavy (non-hydrogen) atoms. The first-order chi connectivity index (χ1) is 11.9. The summed E-state index contributed by atoms with van der Waals surface area (Å²) in [7, 11) is 1.83. The molecule has 0 aliphatic heterocycles. The number of unbranched alkanes of at least 4 members (excludes halogenated alkanes) is 1. The number of carbonyl (C=O) groups is 1. The first kappa shape index (κ1) is 19.6. The number of benzene rings is 1. The molecule has 5 nitrogen and oxygen atoms in total. The van der Waals surface area contributed by atoms with Crippen molar-refractivity contribution in [2.24, 2.45) is 0 Å². The highest BCUT2D eigenvalue weighted by Gasteiger charge is 2.24. The van der Waals surface area contributed by atoms with Crippen LogP contribution in [0.1, 0.15) is 37.5 Å². The van der Waals surface area contributed by atoms with Crippen molar-refractivity contribution < 1.29 is 13.7 Å². The molecule has 1 heterocycles. The van der Waals surface area contributed by atoms with Gasteiger partial charge in [-0.15, -0.1) is 0 Å². The highest BCUT2D eigenvalue weighted by atomic mass is 79.9. The third kappa shape index (κ3) is 5.64. The number of amides is 1. The van der Waals surface area contributed by atoms with Gasteiger partial charge in [-0.1, -0.05) is 40.9 Å². The Labute approximate surface area is 155 Å². The molecule has 1 aromatic carbocycles. The molecule has 0 spiro atoms. The van der Waals surface area contributed by atoms with Gasteiger partial charge in [-0.05, 0) is 38.6 Å². The second kappa shape index (κ2) is 9.10. The largest absolute Gasteiger partial charge is 0.360 e. The minimum absolute atomic E-state index is 0.167. The number of likely N-dealkylation sites (N-methyl/N-ethyl adjacent to an activating group) is 1. The second-order valence-corrected chi connectivity index (χ2v) is 7.04. The van der Waals surface area contributed by atoms with Crippen molar-refractivity contribution in [2.75, 3.05) is 12.4 Å². The van der Waals surface area contributed by atoms with E-state index in [1.165, 1.54) is 6.07 Å². The lowest BCUT2D eigenvalue weighted by Crippen LogP contribution is -2.41. The maximum Gasteiger partial charge on any atom is 0.242 e. The Kier molecular flexibility index (Phi) is 7.13. The zero-order chi connectivity index (χ0) is 18.4. The molecule has 0 bridgehead atoms. The summed E-state index contributed by atoms with van der Waals surface area (Å²) in [5.74, 6) is 0.576. The Bertz CT molecular complexity index is 720. The van der Waals surface area contributed by atoms with E-state index in [2.05, 4.69) is 33.3 Å². The van der Waals surface area contributed by atoms with Crippen LogP contribution >= 0.6 is 15.9 Å². The van der Waals surface area contributed by atoms with Crippen LogP contribution in [0.4, 0.5) is 10.2 Å². The smallest absolute Gasteiger partial charge is 0.242 e. The van der Waals surface area contributed by atoms with Gasteiger partial charge in [-0.25, -0.2) is 4.39 Å². The van der Waals surface area contributed by atoms with Crippen LogP contribution in [0.3, 0.4) is 0 Å². The van der Waals surface area contributed by atoms with Crippen molar-refractivity contribution in [3.05, 3.63) is 45.9 Å². The molecular weight excluding hydrogens is 389 g/mol. The molecule has 0 radical (unpaired) electrons. The van der Waals surface area contributed by atoms with Crippen molar-refractivity contribution >= 4 is 27.7 Å². The normalized spacial score (nSPS) is 12.4. The second-order valence-electron chi connectivity index (χ2n) is 6.12. The van der Waals surface area contributed by atoms with Gasteiger partial charge >= 0.3 is 0 Å². The lowest BCUT2D eigenvalue weighted by atomic mass is 10.1. The van der Waals surface area contributed by atoms with Gasteiger partial charge in [0.25, 0.3) is 0 Å². The average molecular weight is 412 g/mol. The fourth-order valence-electron chi connectivity index (χ4n) is 2.63. The van der Waals surface area contributed by atoms with E-state index in [-0.39, 0.29) is 17.8 Å². The van der Waals surface area contributed by atoms with Gasteiger partial charge in [-0.3, -0.25) is 9.69 Å². The summed E-state index contributed by atoms with van der Waals surface area (Å²) in [5.41, 5.74) is 0.545. The number of hydrogen-bond acceptors (Lipinski definition) is 4. The highest BCUT2D eigenvalue weighted by molar-refractivity contribution is 9.10. The van der Waals surface area contributed by atoms with Gasteiger partial charge in [0, 0.05) is 22.6 Å². The zero-order valence-electron chi connectivity index (χ0n) is 14.7. The molecule has 7 heteroatoms. The fourth-order valence-corrected chi connectivity index (χ4v) is 3.04. The van der Waals surface area contributed by atoms with Gasteiger partial charge < -0.3 is 9.84 Å². The van der Waals surface area contributed by atoms with Crippen LogP contribution in [0.15, 0.2) is 33.3 Å². The standard InChI is InChI=1S/C18H23BrFN3O2/c1-4-5-6-16(18(24)21-17-9-12(2)25-22-17)23(3)11-13-10-14(19)7-8-15(13)20/h7-10,16H,4-6,11H2,1-3H3,(H,21,22,24). The average Bonchev–Trinajstić information content (AvgIpc) is 2.96. The van der Waals surface area contributed by atoms with Crippen LogP contribution in [0.5, 0.6) is 0 Å². The van der Waals surface area contributed by atoms with Gasteiger partial charge in [-0.2, -0.15) is 0 Å². The summed E-state index contributed by atoms with van der Waals surface area (Å²) < 4.78 is 19.8. The van der Waals surface area contributed by atoms with E-state index < -0.39 is 0 Å². The van der Waals surface area contributed by atoms with Crippen LogP contribution < -0.4 is 5.32 Å². The topological polar surface area (TPSA) is 58.4 Å². The fraction of sp³-hybridized carbons (Fsp3) is 0.444. The number of carbonyl (C=O) groups excluding carboxylic acids is 1. The molecule has 1 N–H and O–H groups in total. The predicted molar refractivity (Wildman–Crippen MR) is 98.7 cm³/mol. The third-order valence-corrected chi connectivity index (χ3v) is 4.47. The van der Waals surface area contributed by atoms with Crippen LogP contribution in [0, 0.1) is 12.7 Å². The Balaban J connectivity index is 2.11. The molecule has 0 saturated carbocycles. The number of nitrogens with one attached hydrogen (secondary N) is 1. The number of halogens is 2. The summed E-state index contributed by atoms with van der Waals surface area (Å²) in [5, 5.41) is 6.57. The summed E-state index contributed by atoms with van der Waals surface area (Å²) in [6, 6.07) is 6.11. The molecule has 1 unspecified atom stereocenters. The molecule has 0 aliphatic carbocycles. The first-order valence-electron chi connectivity index (χ1n) is 8.29. The highest BCUT2D eigenvalue weighted by Crippen LogP contribution is 2.20. The van der Waals surface area contributed by atoms with E-state index in [1.54, 1.807) is 25.1 Å². The van der Waals surface area contributed by atoms with Gasteiger partial charge in [0.2, 0.25) is 5.91 Å². The van der Waals surface area contributed by atoms with E-state index in [1.807, 2.05) is 11.9 Å². The molecule has 1 amide bonds. The lowest BCUT2D eigenvalue weighted by Gasteiger charge is -2.27. The number of hydrogen-bond donors (Lipinski definition) is 1. The van der Waals surface area contributed by atoms with Gasteiger partial charge in [0.1, 0.15) is 11.6 Å². The first-order valence-corrected chi connectivity index (χ1v) is 9.08. The Morgan fingerprint density at radius 1 is 1.44 bits per heavy atom. The van der Waals surface area contributed by atoms with Crippen molar-refractivity contribution in [3.8, 4) is 0 Å². The molecule has 136 valence electrons. The van der Waals surface area contributed by atoms with Crippen LogP contribution in [-0.2, 0) is 11.3 Å². The summed E-state index contributed by atoms with van der Waals surface area (Å²) in [6.45, 7) is 4.17. The number of anilines is 1. The Hall–Kier alpha value is -1.73. The van der Waals surface area contributed by atoms with Crippen molar-refractivity contribution in [1.29, 1.82) is 0 Å². The maximum absolute atomic E-state index is 14.0. The molecule has 2 aromatic rings. The molecular formula is C18H23BrFN3O2. The number of rotatable bonds is 8. The number of aryl methyl sites for hydroxylation is 1. The van der Waals surface area contributed by atoms with Gasteiger partial charge in [0.15, 0.2) is 5.82 Å². The monoisotopic (exact) mass is 411 g/mol. The van der Waals surface area contributed by atoms with E-state index in [0.29, 0.717) is 30.1 Å². The minimum Gasteiger partial charge on any atom is -0.360 e. The molecule has 1 atom stereocenters. The minimum atomic E-state index is -0.379. The van der Waals surface area contributed by atoms with E-state index in [4.69, 9.17) is 4.52 Å². The number of aromatic nitrogens is 1. The van der Waals surface area contributed by atoms with E-state index in [9.17, 15) is 9.18 Å². The molecule has 0 fully saturated rings. The van der Waals surface area contributed by atoms with Crippen molar-refractivity contribution in [1.82, 2.24) is 10.1 Å². The quantitative estimate of drug-likeness (QED) is 0.693. The predicted octanol–water partition coefficient (Wildman–Crippen LogP) is 4.51. The summed E-state index contributed by atoms with van der Waals surface area (Å²) >= 11 is 3.36. The zero-order valence-corrected chi connectivity index (χ0v) is 16.3. The van der Waals surface area contributed by atoms with E-state index >= 15 is 0 Å². The van der Waals surface area contributed by atoms with Crippen LogP contribution in [0.2, 0.25) is 0 Å². The van der Waals surface area contributed by atoms with Crippen molar-refractivity contribution in [3.63, 3.8) is 0 Å². The lowest BCUT2D eigenvalue weighted by molar-refractivity contribution is -0.121. The van der Waals surface area contributed by atoms with E-state index in [0.717, 1.165) is 17.3 Å². The van der Waals surface area contributed by atoms with Gasteiger partial charge in [0.05, 0.1) is 6.04 Å². The molecule has 0 aliphatic rings.